The number of nitrogens with zero attached hydrogens (tertiary/aromatic N) is 12. The molecule has 0 aliphatic carbocycles. The summed E-state index contributed by atoms with van der Waals surface area (Å²) in [6.45, 7) is 12.6. The zero-order valence-corrected chi connectivity index (χ0v) is 43.1. The van der Waals surface area contributed by atoms with Crippen LogP contribution in [0.4, 0.5) is 0 Å². The lowest BCUT2D eigenvalue weighted by molar-refractivity contribution is 1.29. The van der Waals surface area contributed by atoms with E-state index in [2.05, 4.69) is 77.9 Å². The number of fused-ring (bicyclic) bond motifs is 18. The number of hydrogen-bond donors (Lipinski definition) is 0. The van der Waals surface area contributed by atoms with Crippen LogP contribution < -0.4 is 0 Å². The molecule has 0 bridgehead atoms. The molecular formula is C56H38Cl6N12. The summed E-state index contributed by atoms with van der Waals surface area (Å²) < 4.78 is 0. The van der Waals surface area contributed by atoms with E-state index in [1.807, 2.05) is 0 Å². The predicted molar refractivity (Wildman–Crippen MR) is 308 cm³/mol. The zero-order valence-electron chi connectivity index (χ0n) is 38.6. The van der Waals surface area contributed by atoms with E-state index >= 15 is 0 Å². The van der Waals surface area contributed by atoms with Crippen molar-refractivity contribution in [3.05, 3.63) is 136 Å². The maximum Gasteiger partial charge on any atom is 0.120 e. The van der Waals surface area contributed by atoms with Crippen LogP contribution in [0, 0.1) is 41.5 Å². The minimum Gasteiger partial charge on any atom is -0.242 e. The highest BCUT2D eigenvalue weighted by atomic mass is 35.5. The minimum absolute atomic E-state index is 0. The second kappa shape index (κ2) is 17.9. The number of aryl methyl sites for hydroxylation is 6. The van der Waals surface area contributed by atoms with Gasteiger partial charge >= 0.3 is 0 Å². The van der Waals surface area contributed by atoms with E-state index < -0.39 is 0 Å². The Balaban J connectivity index is 0.000000155. The van der Waals surface area contributed by atoms with E-state index in [4.69, 9.17) is 129 Å². The summed E-state index contributed by atoms with van der Waals surface area (Å²) in [5.74, 6) is 0. The third kappa shape index (κ3) is 7.81. The van der Waals surface area contributed by atoms with Gasteiger partial charge in [0.05, 0.1) is 96.3 Å². The Labute approximate surface area is 451 Å². The molecule has 0 radical (unpaired) electrons. The normalized spacial score (nSPS) is 11.8. The van der Waals surface area contributed by atoms with E-state index in [1.54, 1.807) is 36.4 Å². The summed E-state index contributed by atoms with van der Waals surface area (Å²) in [5.41, 5.74) is 22.4. The van der Waals surface area contributed by atoms with Crippen molar-refractivity contribution in [3.63, 3.8) is 0 Å². The smallest absolute Gasteiger partial charge is 0.120 e. The SMILES string of the molecule is C.C.Cc1cc2nc3c4nc5cc(C)c(C)cc5nc4c4nc5cc(C)c(C)cc5nc4c3nc2cc1C.Clc1cc2nc3c4nc5cc(Cl)c(Cl)cc5nc4c4nc5cc(Cl)c(Cl)cc5nc4c3nc2cc1Cl. The molecule has 6 heterocycles. The average molecular weight is 1090 g/mol. The molecule has 12 nitrogen and oxygen atoms in total. The molecule has 14 aromatic rings. The van der Waals surface area contributed by atoms with Crippen LogP contribution in [0.25, 0.3) is 132 Å². The molecule has 74 heavy (non-hydrogen) atoms. The highest BCUT2D eigenvalue weighted by Gasteiger charge is 2.22. The second-order valence-electron chi connectivity index (χ2n) is 18.1. The number of halogens is 6. The van der Waals surface area contributed by atoms with Crippen LogP contribution in [-0.4, -0.2) is 59.8 Å². The molecule has 0 atom stereocenters. The molecule has 6 aromatic heterocycles. The molecule has 0 amide bonds. The van der Waals surface area contributed by atoms with Crippen molar-refractivity contribution in [2.24, 2.45) is 0 Å². The van der Waals surface area contributed by atoms with E-state index in [-0.39, 0.29) is 14.9 Å². The topological polar surface area (TPSA) is 155 Å². The lowest BCUT2D eigenvalue weighted by atomic mass is 10.1. The third-order valence-electron chi connectivity index (χ3n) is 13.3. The first kappa shape index (κ1) is 49.3. The molecule has 0 aliphatic heterocycles. The molecule has 18 heteroatoms. The van der Waals surface area contributed by atoms with Gasteiger partial charge in [0.1, 0.15) is 66.2 Å². The van der Waals surface area contributed by atoms with Crippen LogP contribution >= 0.6 is 69.6 Å². The van der Waals surface area contributed by atoms with Gasteiger partial charge in [0.15, 0.2) is 0 Å². The lowest BCUT2D eigenvalue weighted by Crippen LogP contribution is -2.00. The molecule has 0 aliphatic rings. The standard InChI is InChI=1S/C30H24N6.C24H6Cl6N6.2CH4/c1-13-7-19-20(8-14(13)2)32-26-25(31-19)27-29(35-22-10-16(4)15(3)9-21(22)33-27)30-28(26)34-23-11-17(5)18(6)12-24(23)36-30;25-7-1-13-14(2-8(7)26)32-20-19(31-13)21-23(35-16-4-10(28)9(27)3-15(16)33-21)24-22(20)34-17-5-11(29)12(30)6-18(17)36-24;;/h7-12H,1-6H3;1-6H;2*1H4. The summed E-state index contributed by atoms with van der Waals surface area (Å²) in [4.78, 5) is 59.5. The second-order valence-corrected chi connectivity index (χ2v) is 20.5. The molecule has 364 valence electrons. The number of hydrogen-bond acceptors (Lipinski definition) is 12. The van der Waals surface area contributed by atoms with Crippen molar-refractivity contribution in [1.82, 2.24) is 59.8 Å². The van der Waals surface area contributed by atoms with Gasteiger partial charge in [-0.15, -0.1) is 0 Å². The van der Waals surface area contributed by atoms with Gasteiger partial charge in [0, 0.05) is 0 Å². The van der Waals surface area contributed by atoms with E-state index in [9.17, 15) is 0 Å². The molecule has 0 saturated heterocycles. The first-order valence-electron chi connectivity index (χ1n) is 22.4. The molecule has 14 rings (SSSR count). The molecule has 0 saturated carbocycles. The summed E-state index contributed by atoms with van der Waals surface area (Å²) in [7, 11) is 0. The van der Waals surface area contributed by atoms with Crippen LogP contribution in [-0.2, 0) is 0 Å². The number of aromatic nitrogens is 12. The maximum absolute atomic E-state index is 6.25. The third-order valence-corrected chi connectivity index (χ3v) is 15.5. The maximum atomic E-state index is 6.25. The molecule has 0 N–H and O–H groups in total. The zero-order chi connectivity index (χ0) is 49.8. The van der Waals surface area contributed by atoms with Crippen LogP contribution in [0.2, 0.25) is 30.1 Å². The van der Waals surface area contributed by atoms with Crippen molar-refractivity contribution in [1.29, 1.82) is 0 Å². The van der Waals surface area contributed by atoms with Crippen molar-refractivity contribution in [2.75, 3.05) is 0 Å². The Morgan fingerprint density at radius 1 is 0.189 bits per heavy atom. The Morgan fingerprint density at radius 3 is 0.392 bits per heavy atom. The molecule has 8 aromatic carbocycles. The fourth-order valence-electron chi connectivity index (χ4n) is 9.07. The molecule has 0 fully saturated rings. The van der Waals surface area contributed by atoms with Gasteiger partial charge in [-0.1, -0.05) is 84.5 Å². The highest BCUT2D eigenvalue weighted by molar-refractivity contribution is 6.44. The molecule has 0 spiro atoms. The summed E-state index contributed by atoms with van der Waals surface area (Å²) >= 11 is 37.5. The van der Waals surface area contributed by atoms with Gasteiger partial charge in [0.2, 0.25) is 0 Å². The number of benzene rings is 8. The first-order valence-corrected chi connectivity index (χ1v) is 24.7. The monoisotopic (exact) mass is 1090 g/mol. The molecular weight excluding hydrogens is 1050 g/mol. The minimum atomic E-state index is 0. The molecule has 0 unspecified atom stereocenters. The van der Waals surface area contributed by atoms with E-state index in [1.165, 1.54) is 33.4 Å². The van der Waals surface area contributed by atoms with Crippen LogP contribution in [0.15, 0.2) is 72.8 Å². The van der Waals surface area contributed by atoms with Gasteiger partial charge < -0.3 is 0 Å². The Morgan fingerprint density at radius 2 is 0.284 bits per heavy atom. The van der Waals surface area contributed by atoms with Gasteiger partial charge in [-0.05, 0) is 148 Å². The van der Waals surface area contributed by atoms with E-state index in [0.29, 0.717) is 129 Å². The Hall–Kier alpha value is -6.90. The summed E-state index contributed by atoms with van der Waals surface area (Å²) in [6.07, 6.45) is 0. The van der Waals surface area contributed by atoms with Gasteiger partial charge in [-0.2, -0.15) is 0 Å². The van der Waals surface area contributed by atoms with Crippen molar-refractivity contribution in [3.8, 4) is 0 Å². The van der Waals surface area contributed by atoms with Gasteiger partial charge in [-0.3, -0.25) is 0 Å². The Bertz CT molecular complexity index is 3720. The fourth-order valence-corrected chi connectivity index (χ4v) is 10.0. The van der Waals surface area contributed by atoms with Crippen molar-refractivity contribution < 1.29 is 0 Å². The van der Waals surface area contributed by atoms with Crippen molar-refractivity contribution >= 4 is 202 Å². The van der Waals surface area contributed by atoms with Crippen LogP contribution in [0.3, 0.4) is 0 Å². The predicted octanol–water partition coefficient (Wildman–Crippen LogP) is 17.0. The fraction of sp³-hybridized carbons (Fsp3) is 0.143. The van der Waals surface area contributed by atoms with Crippen LogP contribution in [0.5, 0.6) is 0 Å². The lowest BCUT2D eigenvalue weighted by Gasteiger charge is -2.12. The van der Waals surface area contributed by atoms with Crippen LogP contribution in [0.1, 0.15) is 48.2 Å². The number of rotatable bonds is 0. The van der Waals surface area contributed by atoms with Crippen molar-refractivity contribution in [2.45, 2.75) is 56.4 Å². The first-order chi connectivity index (χ1) is 34.5. The summed E-state index contributed by atoms with van der Waals surface area (Å²) in [6, 6.07) is 22.5. The highest BCUT2D eigenvalue weighted by Crippen LogP contribution is 2.38. The summed E-state index contributed by atoms with van der Waals surface area (Å²) in [5, 5.41) is 2.16. The Kier molecular flexibility index (Phi) is 11.9. The van der Waals surface area contributed by atoms with E-state index in [0.717, 1.165) is 33.1 Å². The largest absolute Gasteiger partial charge is 0.242 e. The van der Waals surface area contributed by atoms with Gasteiger partial charge in [-0.25, -0.2) is 59.8 Å². The average Bonchev–Trinajstić information content (AvgIpc) is 3.34. The quantitative estimate of drug-likeness (QED) is 0.105. The van der Waals surface area contributed by atoms with Gasteiger partial charge in [0.25, 0.3) is 0 Å².